The molecule has 3 aromatic rings. The van der Waals surface area contributed by atoms with Crippen molar-refractivity contribution in [2.45, 2.75) is 38.0 Å². The van der Waals surface area contributed by atoms with Crippen molar-refractivity contribution in [3.63, 3.8) is 0 Å². The van der Waals surface area contributed by atoms with Gasteiger partial charge in [-0.3, -0.25) is 9.69 Å². The molecule has 35 heavy (non-hydrogen) atoms. The highest BCUT2D eigenvalue weighted by Crippen LogP contribution is 2.32. The number of hydrogen-bond acceptors (Lipinski definition) is 5. The van der Waals surface area contributed by atoms with Crippen LogP contribution < -0.4 is 20.1 Å². The Hall–Kier alpha value is -3.42. The van der Waals surface area contributed by atoms with Gasteiger partial charge < -0.3 is 20.1 Å². The maximum atomic E-state index is 14.1. The molecule has 0 aliphatic carbocycles. The van der Waals surface area contributed by atoms with Crippen LogP contribution in [0.1, 0.15) is 23.1 Å². The lowest BCUT2D eigenvalue weighted by Gasteiger charge is -2.23. The molecule has 0 saturated carbocycles. The Kier molecular flexibility index (Phi) is 7.25. The predicted molar refractivity (Wildman–Crippen MR) is 132 cm³/mol. The van der Waals surface area contributed by atoms with Crippen LogP contribution in [0.4, 0.5) is 4.39 Å². The minimum Gasteiger partial charge on any atom is -0.454 e. The van der Waals surface area contributed by atoms with Crippen LogP contribution in [0, 0.1) is 5.82 Å². The van der Waals surface area contributed by atoms with Crippen LogP contribution in [0.15, 0.2) is 72.8 Å². The number of likely N-dealkylation sites (tertiary alicyclic amines) is 1. The number of hydrogen-bond donors (Lipinski definition) is 2. The molecule has 2 heterocycles. The Morgan fingerprint density at radius 3 is 2.63 bits per heavy atom. The largest absolute Gasteiger partial charge is 0.454 e. The van der Waals surface area contributed by atoms with Gasteiger partial charge in [-0.15, -0.1) is 0 Å². The lowest BCUT2D eigenvalue weighted by Crippen LogP contribution is -2.43. The number of amides is 1. The second kappa shape index (κ2) is 10.9. The molecular formula is C28H30FN3O3. The van der Waals surface area contributed by atoms with Gasteiger partial charge in [0, 0.05) is 37.8 Å². The molecule has 3 aromatic carbocycles. The number of fused-ring (bicyclic) bond motifs is 1. The zero-order valence-electron chi connectivity index (χ0n) is 19.6. The van der Waals surface area contributed by atoms with Crippen LogP contribution in [0.3, 0.4) is 0 Å². The van der Waals surface area contributed by atoms with E-state index < -0.39 is 0 Å². The van der Waals surface area contributed by atoms with E-state index in [0.717, 1.165) is 23.6 Å². The van der Waals surface area contributed by atoms with E-state index >= 15 is 0 Å². The molecule has 0 radical (unpaired) electrons. The Bertz CT molecular complexity index is 1160. The summed E-state index contributed by atoms with van der Waals surface area (Å²) in [4.78, 5) is 15.4. The Labute approximate surface area is 205 Å². The van der Waals surface area contributed by atoms with E-state index in [1.54, 1.807) is 12.1 Å². The lowest BCUT2D eigenvalue weighted by atomic mass is 10.1. The number of carbonyl (C=O) groups excluding carboxylic acids is 1. The van der Waals surface area contributed by atoms with Crippen LogP contribution >= 0.6 is 0 Å². The van der Waals surface area contributed by atoms with Gasteiger partial charge in [0.2, 0.25) is 12.7 Å². The molecule has 2 aliphatic heterocycles. The lowest BCUT2D eigenvalue weighted by molar-refractivity contribution is -0.125. The molecule has 2 aliphatic rings. The van der Waals surface area contributed by atoms with Crippen molar-refractivity contribution in [2.24, 2.45) is 0 Å². The second-order valence-corrected chi connectivity index (χ2v) is 9.06. The first-order valence-corrected chi connectivity index (χ1v) is 12.1. The molecule has 2 N–H and O–H groups in total. The van der Waals surface area contributed by atoms with Gasteiger partial charge in [0.05, 0.1) is 6.04 Å². The quantitative estimate of drug-likeness (QED) is 0.495. The van der Waals surface area contributed by atoms with Crippen molar-refractivity contribution in [1.82, 2.24) is 15.5 Å². The van der Waals surface area contributed by atoms with Gasteiger partial charge in [0.15, 0.2) is 11.5 Å². The van der Waals surface area contributed by atoms with Crippen molar-refractivity contribution < 1.29 is 18.7 Å². The van der Waals surface area contributed by atoms with Gasteiger partial charge in [0.1, 0.15) is 5.82 Å². The normalized spacial score (nSPS) is 19.1. The summed E-state index contributed by atoms with van der Waals surface area (Å²) < 4.78 is 24.9. The molecule has 1 saturated heterocycles. The SMILES string of the molecule is O=C(NCCc1ccc2c(c1)OCO2)[C@@H]1C[C@@H](NCc2ccccc2F)CN1Cc1ccccc1. The fourth-order valence-corrected chi connectivity index (χ4v) is 4.76. The van der Waals surface area contributed by atoms with Gasteiger partial charge >= 0.3 is 0 Å². The highest BCUT2D eigenvalue weighted by atomic mass is 19.1. The van der Waals surface area contributed by atoms with Crippen molar-refractivity contribution in [3.05, 3.63) is 95.3 Å². The summed E-state index contributed by atoms with van der Waals surface area (Å²) in [6.45, 7) is 2.65. The average Bonchev–Trinajstić information content (AvgIpc) is 3.51. The van der Waals surface area contributed by atoms with Gasteiger partial charge in [-0.1, -0.05) is 54.6 Å². The minimum atomic E-state index is -0.245. The Morgan fingerprint density at radius 2 is 1.77 bits per heavy atom. The standard InChI is InChI=1S/C28H30FN3O3/c29-24-9-5-4-8-22(24)16-31-23-15-25(32(18-23)17-21-6-2-1-3-7-21)28(33)30-13-12-20-10-11-26-27(14-20)35-19-34-26/h1-11,14,23,25,31H,12-13,15-19H2,(H,30,33)/t23-,25+/m1/s1. The molecule has 1 amide bonds. The first kappa shape index (κ1) is 23.3. The fraction of sp³-hybridized carbons (Fsp3) is 0.321. The molecule has 0 aromatic heterocycles. The summed E-state index contributed by atoms with van der Waals surface area (Å²) in [5.41, 5.74) is 2.89. The number of carbonyl (C=O) groups is 1. The molecule has 7 heteroatoms. The van der Waals surface area contributed by atoms with Gasteiger partial charge in [-0.05, 0) is 42.2 Å². The van der Waals surface area contributed by atoms with Crippen LogP contribution in [0.2, 0.25) is 0 Å². The van der Waals surface area contributed by atoms with Crippen molar-refractivity contribution in [2.75, 3.05) is 19.9 Å². The highest BCUT2D eigenvalue weighted by molar-refractivity contribution is 5.82. The second-order valence-electron chi connectivity index (χ2n) is 9.06. The average molecular weight is 476 g/mol. The minimum absolute atomic E-state index is 0.0249. The third-order valence-electron chi connectivity index (χ3n) is 6.62. The number of nitrogens with zero attached hydrogens (tertiary/aromatic N) is 1. The van der Waals surface area contributed by atoms with Crippen LogP contribution in [-0.2, 0) is 24.3 Å². The number of nitrogens with one attached hydrogen (secondary N) is 2. The summed E-state index contributed by atoms with van der Waals surface area (Å²) in [6.07, 6.45) is 1.39. The summed E-state index contributed by atoms with van der Waals surface area (Å²) >= 11 is 0. The Balaban J connectivity index is 1.19. The zero-order valence-corrected chi connectivity index (χ0v) is 19.6. The molecule has 0 spiro atoms. The van der Waals surface area contributed by atoms with Gasteiger partial charge in [-0.2, -0.15) is 0 Å². The van der Waals surface area contributed by atoms with Crippen LogP contribution in [-0.4, -0.2) is 42.8 Å². The van der Waals surface area contributed by atoms with Gasteiger partial charge in [0.25, 0.3) is 0 Å². The Morgan fingerprint density at radius 1 is 0.971 bits per heavy atom. The summed E-state index contributed by atoms with van der Waals surface area (Å²) in [6, 6.07) is 22.7. The van der Waals surface area contributed by atoms with E-state index in [2.05, 4.69) is 27.7 Å². The summed E-state index contributed by atoms with van der Waals surface area (Å²) in [5, 5.41) is 6.58. The monoisotopic (exact) mass is 475 g/mol. The maximum absolute atomic E-state index is 14.1. The molecule has 182 valence electrons. The summed E-state index contributed by atoms with van der Waals surface area (Å²) in [5.74, 6) is 1.32. The molecule has 5 rings (SSSR count). The first-order chi connectivity index (χ1) is 17.2. The first-order valence-electron chi connectivity index (χ1n) is 12.1. The predicted octanol–water partition coefficient (Wildman–Crippen LogP) is 3.65. The summed E-state index contributed by atoms with van der Waals surface area (Å²) in [7, 11) is 0. The number of rotatable bonds is 9. The van der Waals surface area contributed by atoms with Crippen molar-refractivity contribution in [1.29, 1.82) is 0 Å². The van der Waals surface area contributed by atoms with E-state index in [-0.39, 0.29) is 30.6 Å². The van der Waals surface area contributed by atoms with E-state index in [0.29, 0.717) is 38.0 Å². The highest BCUT2D eigenvalue weighted by Gasteiger charge is 2.36. The maximum Gasteiger partial charge on any atom is 0.237 e. The number of ether oxygens (including phenoxy) is 2. The number of benzene rings is 3. The molecule has 0 bridgehead atoms. The van der Waals surface area contributed by atoms with E-state index in [1.165, 1.54) is 11.6 Å². The van der Waals surface area contributed by atoms with Crippen molar-refractivity contribution in [3.8, 4) is 11.5 Å². The van der Waals surface area contributed by atoms with Crippen molar-refractivity contribution >= 4 is 5.91 Å². The number of halogens is 1. The zero-order chi connectivity index (χ0) is 24.0. The molecule has 6 nitrogen and oxygen atoms in total. The smallest absolute Gasteiger partial charge is 0.237 e. The van der Waals surface area contributed by atoms with E-state index in [9.17, 15) is 9.18 Å². The van der Waals surface area contributed by atoms with Crippen LogP contribution in [0.5, 0.6) is 11.5 Å². The fourth-order valence-electron chi connectivity index (χ4n) is 4.76. The topological polar surface area (TPSA) is 62.8 Å². The third-order valence-corrected chi connectivity index (χ3v) is 6.62. The molecule has 2 atom stereocenters. The molecular weight excluding hydrogens is 445 g/mol. The molecule has 0 unspecified atom stereocenters. The van der Waals surface area contributed by atoms with Gasteiger partial charge in [-0.25, -0.2) is 4.39 Å². The van der Waals surface area contributed by atoms with E-state index in [1.807, 2.05) is 42.5 Å². The molecule has 1 fully saturated rings. The van der Waals surface area contributed by atoms with Crippen LogP contribution in [0.25, 0.3) is 0 Å². The van der Waals surface area contributed by atoms with E-state index in [4.69, 9.17) is 9.47 Å². The third kappa shape index (κ3) is 5.81.